The predicted molar refractivity (Wildman–Crippen MR) is 111 cm³/mol. The molecular weight excluding hydrogens is 428 g/mol. The van der Waals surface area contributed by atoms with E-state index in [2.05, 4.69) is 31.5 Å². The Morgan fingerprint density at radius 2 is 2.07 bits per heavy atom. The molecule has 0 radical (unpaired) electrons. The quantitative estimate of drug-likeness (QED) is 0.695. The zero-order valence-corrected chi connectivity index (χ0v) is 18.2. The van der Waals surface area contributed by atoms with Crippen LogP contribution in [0, 0.1) is 0 Å². The Morgan fingerprint density at radius 1 is 1.36 bits per heavy atom. The van der Waals surface area contributed by atoms with Gasteiger partial charge < -0.3 is 24.7 Å². The van der Waals surface area contributed by atoms with E-state index in [-0.39, 0.29) is 17.7 Å². The Morgan fingerprint density at radius 3 is 2.75 bits per heavy atom. The van der Waals surface area contributed by atoms with Crippen LogP contribution in [0.2, 0.25) is 0 Å². The van der Waals surface area contributed by atoms with Crippen molar-refractivity contribution in [1.82, 2.24) is 14.9 Å². The van der Waals surface area contributed by atoms with Crippen molar-refractivity contribution in [3.8, 4) is 5.88 Å². The fourth-order valence-corrected chi connectivity index (χ4v) is 2.75. The topological polar surface area (TPSA) is 94.5 Å². The van der Waals surface area contributed by atoms with Gasteiger partial charge in [-0.3, -0.25) is 4.79 Å². The van der Waals surface area contributed by atoms with E-state index in [1.165, 1.54) is 4.57 Å². The second kappa shape index (κ2) is 9.09. The molecule has 2 heterocycles. The molecule has 9 heteroatoms. The van der Waals surface area contributed by atoms with Gasteiger partial charge in [0, 0.05) is 29.3 Å². The second-order valence-electron chi connectivity index (χ2n) is 7.38. The summed E-state index contributed by atoms with van der Waals surface area (Å²) >= 11 is 3.36. The fraction of sp³-hybridized carbons (Fsp3) is 0.421. The number of carbonyl (C=O) groups is 1. The van der Waals surface area contributed by atoms with Crippen molar-refractivity contribution in [1.29, 1.82) is 0 Å². The number of rotatable bonds is 6. The summed E-state index contributed by atoms with van der Waals surface area (Å²) in [5.41, 5.74) is -0.164. The number of carbonyl (C=O) groups excluding carboxylic acids is 1. The number of anilines is 2. The van der Waals surface area contributed by atoms with Gasteiger partial charge >= 0.3 is 6.09 Å². The predicted octanol–water partition coefficient (Wildman–Crippen LogP) is 3.58. The van der Waals surface area contributed by atoms with Crippen molar-refractivity contribution in [3.05, 3.63) is 45.3 Å². The molecule has 2 rings (SSSR count). The van der Waals surface area contributed by atoms with E-state index in [0.717, 1.165) is 4.47 Å². The number of nitrogens with one attached hydrogen (secondary N) is 2. The molecule has 2 N–H and O–H groups in total. The molecule has 0 aromatic carbocycles. The van der Waals surface area contributed by atoms with Crippen molar-refractivity contribution in [2.24, 2.45) is 7.05 Å². The molecule has 28 heavy (non-hydrogen) atoms. The molecule has 1 amide bonds. The summed E-state index contributed by atoms with van der Waals surface area (Å²) in [5.74, 6) is 0.815. The van der Waals surface area contributed by atoms with Gasteiger partial charge in [0.25, 0.3) is 5.56 Å². The number of alkyl carbamates (subject to hydrolysis) is 1. The monoisotopic (exact) mass is 452 g/mol. The molecule has 0 saturated carbocycles. The van der Waals surface area contributed by atoms with Gasteiger partial charge in [0.1, 0.15) is 24.2 Å². The highest BCUT2D eigenvalue weighted by molar-refractivity contribution is 9.10. The van der Waals surface area contributed by atoms with Crippen molar-refractivity contribution in [3.63, 3.8) is 0 Å². The third-order valence-corrected chi connectivity index (χ3v) is 3.82. The number of hydrogen-bond acceptors (Lipinski definition) is 6. The molecule has 8 nitrogen and oxygen atoms in total. The van der Waals surface area contributed by atoms with E-state index >= 15 is 0 Å². The third-order valence-electron chi connectivity index (χ3n) is 3.39. The first-order valence-electron chi connectivity index (χ1n) is 8.75. The number of amides is 1. The molecule has 0 spiro atoms. The summed E-state index contributed by atoms with van der Waals surface area (Å²) in [4.78, 5) is 28.3. The van der Waals surface area contributed by atoms with E-state index in [1.807, 2.05) is 20.8 Å². The molecule has 0 bridgehead atoms. The summed E-state index contributed by atoms with van der Waals surface area (Å²) in [5, 5.41) is 5.71. The van der Waals surface area contributed by atoms with Crippen LogP contribution < -0.4 is 20.9 Å². The van der Waals surface area contributed by atoms with E-state index < -0.39 is 12.2 Å². The van der Waals surface area contributed by atoms with Crippen LogP contribution >= 0.6 is 15.9 Å². The standard InChI is InChI=1S/C19H25BrN4O4/c1-12(28-18(26)23-19(2,3)4)11-27-16-8-6-7-15(22-16)21-14-9-13(20)10-24(5)17(14)25/h6-10,12H,11H2,1-5H3,(H,21,22)(H,23,26)/t12-/m0/s1. The Hall–Kier alpha value is -2.55. The highest BCUT2D eigenvalue weighted by atomic mass is 79.9. The van der Waals surface area contributed by atoms with Gasteiger partial charge in [-0.15, -0.1) is 0 Å². The number of pyridine rings is 2. The number of nitrogens with zero attached hydrogens (tertiary/aromatic N) is 2. The van der Waals surface area contributed by atoms with Crippen LogP contribution in [0.3, 0.4) is 0 Å². The van der Waals surface area contributed by atoms with Gasteiger partial charge in [-0.2, -0.15) is 4.98 Å². The molecular formula is C19H25BrN4O4. The SMILES string of the molecule is C[C@@H](COc1cccc(Nc2cc(Br)cn(C)c2=O)n1)OC(=O)NC(C)(C)C. The van der Waals surface area contributed by atoms with Gasteiger partial charge in [-0.05, 0) is 55.8 Å². The fourth-order valence-electron chi connectivity index (χ4n) is 2.22. The molecule has 0 fully saturated rings. The average molecular weight is 453 g/mol. The smallest absolute Gasteiger partial charge is 0.407 e. The number of halogens is 1. The van der Waals surface area contributed by atoms with Crippen molar-refractivity contribution in [2.45, 2.75) is 39.3 Å². The van der Waals surface area contributed by atoms with Crippen LogP contribution in [0.4, 0.5) is 16.3 Å². The molecule has 0 aliphatic heterocycles. The minimum Gasteiger partial charge on any atom is -0.474 e. The second-order valence-corrected chi connectivity index (χ2v) is 8.29. The molecule has 0 aliphatic rings. The maximum Gasteiger partial charge on any atom is 0.407 e. The first-order valence-corrected chi connectivity index (χ1v) is 9.54. The molecule has 2 aromatic rings. The van der Waals surface area contributed by atoms with E-state index in [0.29, 0.717) is 17.4 Å². The minimum absolute atomic E-state index is 0.146. The molecule has 152 valence electrons. The van der Waals surface area contributed by atoms with Crippen LogP contribution in [0.15, 0.2) is 39.7 Å². The highest BCUT2D eigenvalue weighted by Crippen LogP contribution is 2.18. The average Bonchev–Trinajstić information content (AvgIpc) is 2.56. The largest absolute Gasteiger partial charge is 0.474 e. The van der Waals surface area contributed by atoms with Crippen LogP contribution in [0.5, 0.6) is 5.88 Å². The molecule has 0 unspecified atom stereocenters. The molecule has 0 saturated heterocycles. The van der Waals surface area contributed by atoms with Crippen LogP contribution in [0.25, 0.3) is 0 Å². The first kappa shape index (κ1) is 21.7. The highest BCUT2D eigenvalue weighted by Gasteiger charge is 2.17. The molecule has 2 aromatic heterocycles. The molecule has 0 aliphatic carbocycles. The summed E-state index contributed by atoms with van der Waals surface area (Å²) in [7, 11) is 1.67. The number of aromatic nitrogens is 2. The van der Waals surface area contributed by atoms with Crippen LogP contribution in [-0.4, -0.2) is 33.9 Å². The number of aryl methyl sites for hydroxylation is 1. The Kier molecular flexibility index (Phi) is 7.06. The van der Waals surface area contributed by atoms with Gasteiger partial charge in [0.15, 0.2) is 0 Å². The van der Waals surface area contributed by atoms with E-state index in [4.69, 9.17) is 9.47 Å². The lowest BCUT2D eigenvalue weighted by Gasteiger charge is -2.22. The lowest BCUT2D eigenvalue weighted by Crippen LogP contribution is -2.42. The van der Waals surface area contributed by atoms with Gasteiger partial charge in [0.2, 0.25) is 5.88 Å². The van der Waals surface area contributed by atoms with E-state index in [9.17, 15) is 9.59 Å². The van der Waals surface area contributed by atoms with Crippen LogP contribution in [0.1, 0.15) is 27.7 Å². The normalized spacial score (nSPS) is 12.2. The molecule has 1 atom stereocenters. The Labute approximate surface area is 172 Å². The summed E-state index contributed by atoms with van der Waals surface area (Å²) < 4.78 is 13.1. The Balaban J connectivity index is 1.97. The van der Waals surface area contributed by atoms with Gasteiger partial charge in [-0.25, -0.2) is 4.79 Å². The van der Waals surface area contributed by atoms with Gasteiger partial charge in [-0.1, -0.05) is 6.07 Å². The van der Waals surface area contributed by atoms with Gasteiger partial charge in [0.05, 0.1) is 0 Å². The summed E-state index contributed by atoms with van der Waals surface area (Å²) in [6, 6.07) is 6.85. The summed E-state index contributed by atoms with van der Waals surface area (Å²) in [6.45, 7) is 7.49. The van der Waals surface area contributed by atoms with Crippen LogP contribution in [-0.2, 0) is 11.8 Å². The third kappa shape index (κ3) is 6.88. The zero-order chi connectivity index (χ0) is 20.9. The summed E-state index contributed by atoms with van der Waals surface area (Å²) in [6.07, 6.45) is 0.716. The zero-order valence-electron chi connectivity index (χ0n) is 16.6. The number of ether oxygens (including phenoxy) is 2. The number of hydrogen-bond donors (Lipinski definition) is 2. The van der Waals surface area contributed by atoms with E-state index in [1.54, 1.807) is 44.4 Å². The van der Waals surface area contributed by atoms with Crippen molar-refractivity contribution < 1.29 is 14.3 Å². The van der Waals surface area contributed by atoms with Crippen molar-refractivity contribution >= 4 is 33.5 Å². The lowest BCUT2D eigenvalue weighted by molar-refractivity contribution is 0.0694. The lowest BCUT2D eigenvalue weighted by atomic mass is 10.1. The van der Waals surface area contributed by atoms with Crippen molar-refractivity contribution in [2.75, 3.05) is 11.9 Å². The maximum absolute atomic E-state index is 12.2. The minimum atomic E-state index is -0.502. The maximum atomic E-state index is 12.2. The first-order chi connectivity index (χ1) is 13.0. The Bertz CT molecular complexity index is 892.